The van der Waals surface area contributed by atoms with Crippen LogP contribution in [0.15, 0.2) is 54.7 Å². The van der Waals surface area contributed by atoms with Crippen LogP contribution in [0.5, 0.6) is 0 Å². The average Bonchev–Trinajstić information content (AvgIpc) is 2.61. The number of rotatable bonds is 8. The number of carbonyl (C=O) groups excluding carboxylic acids is 1. The summed E-state index contributed by atoms with van der Waals surface area (Å²) in [5, 5.41) is 0. The Morgan fingerprint density at radius 3 is 2.46 bits per heavy atom. The molecule has 1 unspecified atom stereocenters. The summed E-state index contributed by atoms with van der Waals surface area (Å²) in [4.78, 5) is 20.8. The van der Waals surface area contributed by atoms with Crippen molar-refractivity contribution in [3.63, 3.8) is 0 Å². The molecule has 0 aliphatic rings. The standard InChI is InChI=1S/C20H27N3O/c1-4-20(24)23(19-12-8-9-14-21-19)17(2)16-22(3)15-13-18-10-6-5-7-11-18/h5-12,14,17H,4,13,15-16H2,1-3H3. The maximum atomic E-state index is 12.4. The highest BCUT2D eigenvalue weighted by atomic mass is 16.2. The van der Waals surface area contributed by atoms with E-state index in [1.165, 1.54) is 5.56 Å². The highest BCUT2D eigenvalue weighted by molar-refractivity contribution is 5.92. The minimum Gasteiger partial charge on any atom is -0.304 e. The summed E-state index contributed by atoms with van der Waals surface area (Å²) in [6, 6.07) is 16.2. The Bertz CT molecular complexity index is 615. The number of benzene rings is 1. The molecule has 2 aromatic rings. The molecule has 0 bridgehead atoms. The Morgan fingerprint density at radius 2 is 1.83 bits per heavy atom. The van der Waals surface area contributed by atoms with Crippen LogP contribution in [0.3, 0.4) is 0 Å². The molecule has 2 rings (SSSR count). The molecule has 4 heteroatoms. The van der Waals surface area contributed by atoms with E-state index in [1.54, 1.807) is 6.20 Å². The minimum absolute atomic E-state index is 0.0770. The quantitative estimate of drug-likeness (QED) is 0.746. The molecule has 128 valence electrons. The fourth-order valence-electron chi connectivity index (χ4n) is 2.85. The number of anilines is 1. The van der Waals surface area contributed by atoms with Crippen LogP contribution >= 0.6 is 0 Å². The predicted octanol–water partition coefficient (Wildman–Crippen LogP) is 3.39. The molecule has 24 heavy (non-hydrogen) atoms. The van der Waals surface area contributed by atoms with E-state index in [2.05, 4.69) is 48.1 Å². The molecule has 1 amide bonds. The van der Waals surface area contributed by atoms with Gasteiger partial charge in [0.25, 0.3) is 0 Å². The first kappa shape index (κ1) is 18.1. The van der Waals surface area contributed by atoms with E-state index in [0.29, 0.717) is 6.42 Å². The lowest BCUT2D eigenvalue weighted by Crippen LogP contribution is -2.45. The van der Waals surface area contributed by atoms with Gasteiger partial charge in [0.1, 0.15) is 5.82 Å². The van der Waals surface area contributed by atoms with Crippen LogP contribution < -0.4 is 4.90 Å². The van der Waals surface area contributed by atoms with Gasteiger partial charge in [-0.3, -0.25) is 9.69 Å². The van der Waals surface area contributed by atoms with E-state index in [9.17, 15) is 4.79 Å². The van der Waals surface area contributed by atoms with Gasteiger partial charge in [-0.25, -0.2) is 4.98 Å². The second-order valence-corrected chi connectivity index (χ2v) is 6.15. The first-order valence-corrected chi connectivity index (χ1v) is 8.57. The molecule has 0 aliphatic carbocycles. The molecule has 0 spiro atoms. The average molecular weight is 325 g/mol. The number of carbonyl (C=O) groups is 1. The zero-order valence-corrected chi connectivity index (χ0v) is 14.9. The van der Waals surface area contributed by atoms with Crippen molar-refractivity contribution in [1.29, 1.82) is 0 Å². The Morgan fingerprint density at radius 1 is 1.12 bits per heavy atom. The second kappa shape index (κ2) is 9.18. The fourth-order valence-corrected chi connectivity index (χ4v) is 2.85. The summed E-state index contributed by atoms with van der Waals surface area (Å²) in [5.74, 6) is 0.839. The van der Waals surface area contributed by atoms with E-state index in [-0.39, 0.29) is 11.9 Å². The molecule has 0 fully saturated rings. The Kier molecular flexibility index (Phi) is 6.94. The lowest BCUT2D eigenvalue weighted by molar-refractivity contribution is -0.118. The molecular weight excluding hydrogens is 298 g/mol. The van der Waals surface area contributed by atoms with Crippen molar-refractivity contribution >= 4 is 11.7 Å². The Hall–Kier alpha value is -2.20. The maximum Gasteiger partial charge on any atom is 0.228 e. The number of pyridine rings is 1. The molecule has 1 aromatic carbocycles. The van der Waals surface area contributed by atoms with Gasteiger partial charge < -0.3 is 4.90 Å². The number of amides is 1. The van der Waals surface area contributed by atoms with E-state index in [0.717, 1.165) is 25.3 Å². The topological polar surface area (TPSA) is 36.4 Å². The monoisotopic (exact) mass is 325 g/mol. The number of hydrogen-bond acceptors (Lipinski definition) is 3. The smallest absolute Gasteiger partial charge is 0.228 e. The van der Waals surface area contributed by atoms with Gasteiger partial charge in [-0.1, -0.05) is 43.3 Å². The number of hydrogen-bond donors (Lipinski definition) is 0. The van der Waals surface area contributed by atoms with Crippen molar-refractivity contribution < 1.29 is 4.79 Å². The van der Waals surface area contributed by atoms with Gasteiger partial charge in [0.2, 0.25) is 5.91 Å². The number of aromatic nitrogens is 1. The Balaban J connectivity index is 1.96. The normalized spacial score (nSPS) is 12.2. The molecule has 0 aliphatic heterocycles. The number of likely N-dealkylation sites (N-methyl/N-ethyl adjacent to an activating group) is 1. The maximum absolute atomic E-state index is 12.4. The number of nitrogens with zero attached hydrogens (tertiary/aromatic N) is 3. The van der Waals surface area contributed by atoms with Crippen LogP contribution in [0.1, 0.15) is 25.8 Å². The molecule has 1 atom stereocenters. The van der Waals surface area contributed by atoms with Crippen LogP contribution in [-0.2, 0) is 11.2 Å². The third-order valence-electron chi connectivity index (χ3n) is 4.11. The van der Waals surface area contributed by atoms with E-state index < -0.39 is 0 Å². The van der Waals surface area contributed by atoms with Gasteiger partial charge in [-0.2, -0.15) is 0 Å². The first-order valence-electron chi connectivity index (χ1n) is 8.57. The molecule has 1 aromatic heterocycles. The Labute approximate surface area is 145 Å². The molecule has 0 saturated carbocycles. The van der Waals surface area contributed by atoms with Crippen molar-refractivity contribution in [2.75, 3.05) is 25.0 Å². The minimum atomic E-state index is 0.0770. The van der Waals surface area contributed by atoms with E-state index in [1.807, 2.05) is 36.1 Å². The SMILES string of the molecule is CCC(=O)N(c1ccccn1)C(C)CN(C)CCc1ccccc1. The van der Waals surface area contributed by atoms with Gasteiger partial charge in [0.15, 0.2) is 0 Å². The van der Waals surface area contributed by atoms with Crippen molar-refractivity contribution in [3.05, 3.63) is 60.3 Å². The third-order valence-corrected chi connectivity index (χ3v) is 4.11. The van der Waals surface area contributed by atoms with Gasteiger partial charge >= 0.3 is 0 Å². The third kappa shape index (κ3) is 5.17. The van der Waals surface area contributed by atoms with Gasteiger partial charge in [-0.05, 0) is 38.1 Å². The summed E-state index contributed by atoms with van der Waals surface area (Å²) < 4.78 is 0. The van der Waals surface area contributed by atoms with Crippen LogP contribution in [0.2, 0.25) is 0 Å². The van der Waals surface area contributed by atoms with Crippen molar-refractivity contribution in [2.45, 2.75) is 32.7 Å². The summed E-state index contributed by atoms with van der Waals surface area (Å²) in [7, 11) is 2.10. The molecule has 4 nitrogen and oxygen atoms in total. The molecular formula is C20H27N3O. The second-order valence-electron chi connectivity index (χ2n) is 6.15. The predicted molar refractivity (Wildman–Crippen MR) is 99.1 cm³/mol. The fraction of sp³-hybridized carbons (Fsp3) is 0.400. The van der Waals surface area contributed by atoms with Gasteiger partial charge in [-0.15, -0.1) is 0 Å². The zero-order chi connectivity index (χ0) is 17.4. The first-order chi connectivity index (χ1) is 11.6. The summed E-state index contributed by atoms with van der Waals surface area (Å²) >= 11 is 0. The summed E-state index contributed by atoms with van der Waals surface area (Å²) in [5.41, 5.74) is 1.34. The van der Waals surface area contributed by atoms with Crippen LogP contribution in [-0.4, -0.2) is 42.0 Å². The lowest BCUT2D eigenvalue weighted by atomic mass is 10.1. The molecule has 1 heterocycles. The summed E-state index contributed by atoms with van der Waals surface area (Å²) in [6.07, 6.45) is 3.22. The largest absolute Gasteiger partial charge is 0.304 e. The van der Waals surface area contributed by atoms with Crippen molar-refractivity contribution in [3.8, 4) is 0 Å². The van der Waals surface area contributed by atoms with E-state index in [4.69, 9.17) is 0 Å². The lowest BCUT2D eigenvalue weighted by Gasteiger charge is -2.31. The van der Waals surface area contributed by atoms with Crippen LogP contribution in [0.4, 0.5) is 5.82 Å². The molecule has 0 radical (unpaired) electrons. The molecule has 0 N–H and O–H groups in total. The van der Waals surface area contributed by atoms with Crippen LogP contribution in [0.25, 0.3) is 0 Å². The zero-order valence-electron chi connectivity index (χ0n) is 14.9. The summed E-state index contributed by atoms with van der Waals surface area (Å²) in [6.45, 7) is 5.76. The van der Waals surface area contributed by atoms with Crippen LogP contribution in [0, 0.1) is 0 Å². The van der Waals surface area contributed by atoms with Gasteiger partial charge in [0.05, 0.1) is 0 Å². The van der Waals surface area contributed by atoms with Crippen molar-refractivity contribution in [1.82, 2.24) is 9.88 Å². The highest BCUT2D eigenvalue weighted by Gasteiger charge is 2.22. The molecule has 0 saturated heterocycles. The van der Waals surface area contributed by atoms with E-state index >= 15 is 0 Å². The van der Waals surface area contributed by atoms with Crippen molar-refractivity contribution in [2.24, 2.45) is 0 Å². The highest BCUT2D eigenvalue weighted by Crippen LogP contribution is 2.15. The van der Waals surface area contributed by atoms with Gasteiger partial charge in [0, 0.05) is 31.7 Å².